The number of methoxy groups -OCH3 is 1. The number of hydrogen-bond donors (Lipinski definition) is 1. The lowest BCUT2D eigenvalue weighted by molar-refractivity contribution is -0.182. The molecule has 8 heteroatoms. The summed E-state index contributed by atoms with van der Waals surface area (Å²) in [6.45, 7) is 8.06. The topological polar surface area (TPSA) is 66.0 Å². The number of nitrogens with one attached hydrogen (secondary N) is 1. The van der Waals surface area contributed by atoms with Gasteiger partial charge in [0.2, 0.25) is 0 Å². The highest BCUT2D eigenvalue weighted by molar-refractivity contribution is 7.84. The molecule has 1 aliphatic rings. The van der Waals surface area contributed by atoms with E-state index in [0.29, 0.717) is 45.7 Å². The van der Waals surface area contributed by atoms with Gasteiger partial charge in [-0.25, -0.2) is 13.3 Å². The quantitative estimate of drug-likeness (QED) is 0.399. The van der Waals surface area contributed by atoms with Gasteiger partial charge in [0.1, 0.15) is 11.6 Å². The first kappa shape index (κ1) is 27.7. The molecule has 0 bridgehead atoms. The Morgan fingerprint density at radius 1 is 1.14 bits per heavy atom. The summed E-state index contributed by atoms with van der Waals surface area (Å²) in [4.78, 5) is 0. The summed E-state index contributed by atoms with van der Waals surface area (Å²) in [7, 11) is 0.319. The molecule has 0 unspecified atom stereocenters. The van der Waals surface area contributed by atoms with Gasteiger partial charge in [-0.2, -0.15) is 0 Å². The fourth-order valence-electron chi connectivity index (χ4n) is 3.80. The maximum atomic E-state index is 14.4. The molecule has 2 atom stereocenters. The van der Waals surface area contributed by atoms with Gasteiger partial charge in [0, 0.05) is 12.5 Å². The van der Waals surface area contributed by atoms with Crippen LogP contribution >= 0.6 is 0 Å². The van der Waals surface area contributed by atoms with Gasteiger partial charge >= 0.3 is 0 Å². The minimum atomic E-state index is -1.32. The first-order chi connectivity index (χ1) is 16.8. The Bertz CT molecular complexity index is 942. The second-order valence-corrected chi connectivity index (χ2v) is 11.6. The van der Waals surface area contributed by atoms with E-state index in [2.05, 4.69) is 4.72 Å². The summed E-state index contributed by atoms with van der Waals surface area (Å²) < 4.78 is 52.6. The molecule has 0 spiro atoms. The van der Waals surface area contributed by atoms with Crippen molar-refractivity contribution < 1.29 is 27.5 Å². The van der Waals surface area contributed by atoms with E-state index in [1.807, 2.05) is 45.0 Å². The number of rotatable bonds is 12. The summed E-state index contributed by atoms with van der Waals surface area (Å²) in [5.41, 5.74) is 2.82. The normalized spacial score (nSPS) is 16.7. The second-order valence-electron chi connectivity index (χ2n) is 9.65. The number of ether oxygens (including phenoxy) is 4. The lowest BCUT2D eigenvalue weighted by atomic mass is 9.95. The smallest absolute Gasteiger partial charge is 0.157 e. The van der Waals surface area contributed by atoms with E-state index in [-0.39, 0.29) is 18.1 Å². The van der Waals surface area contributed by atoms with E-state index >= 15 is 0 Å². The SMILES string of the molecule is COc1ccc(COCCc2ccc(F)cc2[C@@H](CCC2OCCCO2)N[S@@](=O)C(C)(C)C)cc1. The van der Waals surface area contributed by atoms with Crippen LogP contribution in [0.15, 0.2) is 42.5 Å². The van der Waals surface area contributed by atoms with Crippen LogP contribution in [0.3, 0.4) is 0 Å². The highest BCUT2D eigenvalue weighted by atomic mass is 32.2. The Hall–Kier alpha value is -1.84. The third-order valence-electron chi connectivity index (χ3n) is 5.82. The van der Waals surface area contributed by atoms with Crippen molar-refractivity contribution in [2.24, 2.45) is 0 Å². The molecule has 1 fully saturated rings. The van der Waals surface area contributed by atoms with Crippen LogP contribution in [-0.2, 0) is 38.2 Å². The monoisotopic (exact) mass is 507 g/mol. The Labute approximate surface area is 211 Å². The molecule has 2 aromatic carbocycles. The van der Waals surface area contributed by atoms with Gasteiger partial charge in [-0.15, -0.1) is 0 Å². The fourth-order valence-corrected chi connectivity index (χ4v) is 4.66. The minimum Gasteiger partial charge on any atom is -0.497 e. The number of benzene rings is 2. The van der Waals surface area contributed by atoms with E-state index in [1.165, 1.54) is 6.07 Å². The molecule has 0 amide bonds. The number of hydrogen-bond acceptors (Lipinski definition) is 5. The minimum absolute atomic E-state index is 0.291. The molecule has 2 aromatic rings. The Morgan fingerprint density at radius 2 is 1.86 bits per heavy atom. The molecular formula is C27H38FNO5S. The predicted octanol–water partition coefficient (Wildman–Crippen LogP) is 5.23. The summed E-state index contributed by atoms with van der Waals surface area (Å²) >= 11 is 0. The van der Waals surface area contributed by atoms with Crippen LogP contribution < -0.4 is 9.46 Å². The zero-order valence-corrected chi connectivity index (χ0v) is 22.0. The Kier molecular flexibility index (Phi) is 10.7. The van der Waals surface area contributed by atoms with Crippen molar-refractivity contribution >= 4 is 11.0 Å². The number of halogens is 1. The molecule has 0 radical (unpaired) electrons. The maximum absolute atomic E-state index is 14.4. The standard InChI is InChI=1S/C27H38FNO5S/c1-27(2,3)35(30)29-25(12-13-26-33-15-5-16-34-26)24-18-22(28)9-8-21(24)14-17-32-19-20-6-10-23(31-4)11-7-20/h6-11,18,25-26,29H,5,12-17,19H2,1-4H3/t25-,35+/m1/s1. The fraction of sp³-hybridized carbons (Fsp3) is 0.556. The average molecular weight is 508 g/mol. The van der Waals surface area contributed by atoms with Gasteiger partial charge in [-0.3, -0.25) is 0 Å². The average Bonchev–Trinajstić information content (AvgIpc) is 2.85. The molecule has 1 heterocycles. The molecule has 6 nitrogen and oxygen atoms in total. The second kappa shape index (κ2) is 13.5. The van der Waals surface area contributed by atoms with Crippen molar-refractivity contribution in [2.45, 2.75) is 70.1 Å². The molecule has 3 rings (SSSR count). The highest BCUT2D eigenvalue weighted by Crippen LogP contribution is 2.28. The van der Waals surface area contributed by atoms with E-state index < -0.39 is 15.7 Å². The van der Waals surface area contributed by atoms with Crippen LogP contribution in [0.4, 0.5) is 4.39 Å². The summed E-state index contributed by atoms with van der Waals surface area (Å²) in [6, 6.07) is 12.2. The van der Waals surface area contributed by atoms with Gasteiger partial charge in [0.15, 0.2) is 6.29 Å². The summed E-state index contributed by atoms with van der Waals surface area (Å²) in [5.74, 6) is 0.487. The van der Waals surface area contributed by atoms with Crippen molar-refractivity contribution in [3.63, 3.8) is 0 Å². The zero-order chi connectivity index (χ0) is 25.3. The van der Waals surface area contributed by atoms with E-state index in [4.69, 9.17) is 18.9 Å². The van der Waals surface area contributed by atoms with Crippen molar-refractivity contribution in [3.05, 3.63) is 65.0 Å². The third kappa shape index (κ3) is 8.95. The van der Waals surface area contributed by atoms with Crippen LogP contribution in [0.25, 0.3) is 0 Å². The Morgan fingerprint density at radius 3 is 2.51 bits per heavy atom. The van der Waals surface area contributed by atoms with Gasteiger partial charge < -0.3 is 18.9 Å². The first-order valence-corrected chi connectivity index (χ1v) is 13.3. The van der Waals surface area contributed by atoms with Crippen LogP contribution in [0, 0.1) is 5.82 Å². The first-order valence-electron chi connectivity index (χ1n) is 12.2. The van der Waals surface area contributed by atoms with Gasteiger partial charge in [-0.05, 0) is 81.0 Å². The maximum Gasteiger partial charge on any atom is 0.157 e. The molecule has 0 aromatic heterocycles. The summed E-state index contributed by atoms with van der Waals surface area (Å²) in [5, 5.41) is 0. The van der Waals surface area contributed by atoms with Gasteiger partial charge in [0.05, 0.1) is 49.3 Å². The molecule has 0 aliphatic carbocycles. The van der Waals surface area contributed by atoms with Crippen LogP contribution in [0.5, 0.6) is 5.75 Å². The van der Waals surface area contributed by atoms with Crippen LogP contribution in [0.1, 0.15) is 62.8 Å². The van der Waals surface area contributed by atoms with Gasteiger partial charge in [-0.1, -0.05) is 18.2 Å². The highest BCUT2D eigenvalue weighted by Gasteiger charge is 2.26. The molecular weight excluding hydrogens is 469 g/mol. The van der Waals surface area contributed by atoms with Crippen molar-refractivity contribution in [1.29, 1.82) is 0 Å². The molecule has 1 N–H and O–H groups in total. The molecule has 35 heavy (non-hydrogen) atoms. The molecule has 1 saturated heterocycles. The van der Waals surface area contributed by atoms with Crippen molar-refractivity contribution in [1.82, 2.24) is 4.72 Å². The van der Waals surface area contributed by atoms with Crippen molar-refractivity contribution in [3.8, 4) is 5.75 Å². The molecule has 0 saturated carbocycles. The molecule has 194 valence electrons. The molecule has 1 aliphatic heterocycles. The predicted molar refractivity (Wildman–Crippen MR) is 136 cm³/mol. The zero-order valence-electron chi connectivity index (χ0n) is 21.2. The largest absolute Gasteiger partial charge is 0.497 e. The van der Waals surface area contributed by atoms with E-state index in [0.717, 1.165) is 28.9 Å². The third-order valence-corrected chi connectivity index (χ3v) is 7.43. The Balaban J connectivity index is 1.68. The lowest BCUT2D eigenvalue weighted by Crippen LogP contribution is -2.37. The van der Waals surface area contributed by atoms with Crippen LogP contribution in [-0.4, -0.2) is 42.2 Å². The lowest BCUT2D eigenvalue weighted by Gasteiger charge is -2.29. The van der Waals surface area contributed by atoms with Gasteiger partial charge in [0.25, 0.3) is 0 Å². The van der Waals surface area contributed by atoms with E-state index in [1.54, 1.807) is 19.2 Å². The van der Waals surface area contributed by atoms with Crippen LogP contribution in [0.2, 0.25) is 0 Å². The van der Waals surface area contributed by atoms with E-state index in [9.17, 15) is 8.60 Å². The summed E-state index contributed by atoms with van der Waals surface area (Å²) in [6.07, 6.45) is 2.44. The van der Waals surface area contributed by atoms with Crippen molar-refractivity contribution in [2.75, 3.05) is 26.9 Å².